The fourth-order valence-corrected chi connectivity index (χ4v) is 4.21. The van der Waals surface area contributed by atoms with E-state index in [1.54, 1.807) is 23.6 Å². The number of nitrogens with zero attached hydrogens (tertiary/aromatic N) is 1. The van der Waals surface area contributed by atoms with Crippen LogP contribution in [0.4, 0.5) is 0 Å². The molecule has 2 rings (SSSR count). The molecule has 0 radical (unpaired) electrons. The van der Waals surface area contributed by atoms with Gasteiger partial charge in [0.05, 0.1) is 0 Å². The number of carbonyl (C=O) groups is 2. The summed E-state index contributed by atoms with van der Waals surface area (Å²) < 4.78 is 0.947. The van der Waals surface area contributed by atoms with E-state index in [4.69, 9.17) is 11.6 Å². The highest BCUT2D eigenvalue weighted by Crippen LogP contribution is 2.22. The van der Waals surface area contributed by atoms with Crippen LogP contribution in [0, 0.1) is 5.92 Å². The molecule has 0 aliphatic carbocycles. The molecule has 1 N–H and O–H groups in total. The van der Waals surface area contributed by atoms with Crippen LogP contribution in [0.5, 0.6) is 0 Å². The molecule has 1 atom stereocenters. The van der Waals surface area contributed by atoms with E-state index in [2.05, 4.69) is 21.2 Å². The van der Waals surface area contributed by atoms with Gasteiger partial charge in [0.15, 0.2) is 0 Å². The quantitative estimate of drug-likeness (QED) is 0.412. The zero-order valence-corrected chi connectivity index (χ0v) is 20.7. The van der Waals surface area contributed by atoms with E-state index in [0.717, 1.165) is 14.9 Å². The van der Waals surface area contributed by atoms with Crippen molar-refractivity contribution in [3.05, 3.63) is 63.6 Å². The topological polar surface area (TPSA) is 49.4 Å². The molecule has 2 aromatic carbocycles. The lowest BCUT2D eigenvalue weighted by Gasteiger charge is -2.29. The molecule has 0 saturated heterocycles. The average molecular weight is 512 g/mol. The van der Waals surface area contributed by atoms with Crippen LogP contribution in [0.2, 0.25) is 5.02 Å². The Morgan fingerprint density at radius 1 is 1.13 bits per heavy atom. The highest BCUT2D eigenvalue weighted by Gasteiger charge is 2.26. The van der Waals surface area contributed by atoms with Crippen molar-refractivity contribution in [2.75, 3.05) is 12.3 Å². The molecular formula is C23H28BrClN2O2S. The van der Waals surface area contributed by atoms with Crippen molar-refractivity contribution in [2.24, 2.45) is 5.92 Å². The van der Waals surface area contributed by atoms with Gasteiger partial charge in [-0.1, -0.05) is 53.5 Å². The Morgan fingerprint density at radius 3 is 2.47 bits per heavy atom. The standard InChI is InChI=1S/C23H28BrClN2O2S/c1-16(2)14-26-23(29)17(3)27(15-18-5-4-6-19(24)13-18)22(28)11-12-30-21-9-7-20(25)8-10-21/h4-10,13,16-17H,11-12,14-15H2,1-3H3,(H,26,29)/t17-/m0/s1. The molecule has 0 aromatic heterocycles. The summed E-state index contributed by atoms with van der Waals surface area (Å²) in [6.07, 6.45) is 0.350. The first-order valence-electron chi connectivity index (χ1n) is 9.96. The van der Waals surface area contributed by atoms with E-state index in [1.165, 1.54) is 0 Å². The number of hydrogen-bond donors (Lipinski definition) is 1. The van der Waals surface area contributed by atoms with Crippen molar-refractivity contribution in [1.29, 1.82) is 0 Å². The Kier molecular flexibility index (Phi) is 10.2. The van der Waals surface area contributed by atoms with Crippen LogP contribution < -0.4 is 5.32 Å². The van der Waals surface area contributed by atoms with Gasteiger partial charge in [0.2, 0.25) is 11.8 Å². The summed E-state index contributed by atoms with van der Waals surface area (Å²) in [4.78, 5) is 28.4. The molecule has 4 nitrogen and oxygen atoms in total. The molecule has 2 aromatic rings. The van der Waals surface area contributed by atoms with Crippen molar-refractivity contribution in [3.63, 3.8) is 0 Å². The third-order valence-corrected chi connectivity index (χ3v) is 6.25. The Labute approximate surface area is 196 Å². The summed E-state index contributed by atoms with van der Waals surface area (Å²) in [6, 6.07) is 14.8. The molecule has 0 spiro atoms. The van der Waals surface area contributed by atoms with E-state index in [1.807, 2.05) is 62.4 Å². The number of carbonyl (C=O) groups excluding carboxylic acids is 2. The minimum atomic E-state index is -0.546. The van der Waals surface area contributed by atoms with E-state index in [9.17, 15) is 9.59 Å². The van der Waals surface area contributed by atoms with Gasteiger partial charge in [0.1, 0.15) is 6.04 Å². The molecule has 30 heavy (non-hydrogen) atoms. The molecule has 0 saturated carbocycles. The van der Waals surface area contributed by atoms with Crippen LogP contribution in [-0.4, -0.2) is 35.1 Å². The third kappa shape index (κ3) is 8.32. The Balaban J connectivity index is 2.05. The monoisotopic (exact) mass is 510 g/mol. The van der Waals surface area contributed by atoms with Gasteiger partial charge >= 0.3 is 0 Å². The second-order valence-corrected chi connectivity index (χ2v) is 10.0. The van der Waals surface area contributed by atoms with Gasteiger partial charge < -0.3 is 10.2 Å². The lowest BCUT2D eigenvalue weighted by atomic mass is 10.1. The van der Waals surface area contributed by atoms with Gasteiger partial charge in [-0.05, 0) is 54.8 Å². The summed E-state index contributed by atoms with van der Waals surface area (Å²) in [6.45, 7) is 6.86. The van der Waals surface area contributed by atoms with Gasteiger partial charge in [-0.25, -0.2) is 0 Å². The predicted molar refractivity (Wildman–Crippen MR) is 129 cm³/mol. The second kappa shape index (κ2) is 12.4. The van der Waals surface area contributed by atoms with Crippen molar-refractivity contribution in [1.82, 2.24) is 10.2 Å². The zero-order chi connectivity index (χ0) is 22.1. The molecule has 0 fully saturated rings. The average Bonchev–Trinajstić information content (AvgIpc) is 2.71. The number of amides is 2. The second-order valence-electron chi connectivity index (χ2n) is 7.52. The lowest BCUT2D eigenvalue weighted by Crippen LogP contribution is -2.48. The van der Waals surface area contributed by atoms with Crippen LogP contribution in [0.25, 0.3) is 0 Å². The van der Waals surface area contributed by atoms with Gasteiger partial charge in [-0.3, -0.25) is 9.59 Å². The maximum Gasteiger partial charge on any atom is 0.242 e. The lowest BCUT2D eigenvalue weighted by molar-refractivity contribution is -0.140. The van der Waals surface area contributed by atoms with Crippen LogP contribution in [0.3, 0.4) is 0 Å². The largest absolute Gasteiger partial charge is 0.354 e. The van der Waals surface area contributed by atoms with Crippen LogP contribution >= 0.6 is 39.3 Å². The minimum Gasteiger partial charge on any atom is -0.354 e. The maximum atomic E-state index is 13.1. The molecular weight excluding hydrogens is 484 g/mol. The molecule has 0 aliphatic rings. The molecule has 0 aliphatic heterocycles. The summed E-state index contributed by atoms with van der Waals surface area (Å²) in [7, 11) is 0. The minimum absolute atomic E-state index is 0.0383. The van der Waals surface area contributed by atoms with Crippen molar-refractivity contribution in [2.45, 2.75) is 44.7 Å². The van der Waals surface area contributed by atoms with E-state index < -0.39 is 6.04 Å². The Morgan fingerprint density at radius 2 is 1.83 bits per heavy atom. The van der Waals surface area contributed by atoms with Crippen molar-refractivity contribution < 1.29 is 9.59 Å². The molecule has 2 amide bonds. The van der Waals surface area contributed by atoms with Crippen LogP contribution in [-0.2, 0) is 16.1 Å². The molecule has 0 unspecified atom stereocenters. The van der Waals surface area contributed by atoms with E-state index in [0.29, 0.717) is 36.2 Å². The normalized spacial score (nSPS) is 11.9. The molecule has 7 heteroatoms. The third-order valence-electron chi connectivity index (χ3n) is 4.49. The Hall–Kier alpha value is -1.50. The first-order chi connectivity index (χ1) is 14.3. The number of halogens is 2. The number of hydrogen-bond acceptors (Lipinski definition) is 3. The van der Waals surface area contributed by atoms with Gasteiger partial charge in [-0.15, -0.1) is 11.8 Å². The highest BCUT2D eigenvalue weighted by atomic mass is 79.9. The SMILES string of the molecule is CC(C)CNC(=O)[C@H](C)N(Cc1cccc(Br)c1)C(=O)CCSc1ccc(Cl)cc1. The first kappa shape index (κ1) is 24.8. The van der Waals surface area contributed by atoms with Gasteiger partial charge in [0, 0.05) is 39.7 Å². The summed E-state index contributed by atoms with van der Waals surface area (Å²) in [5.41, 5.74) is 0.978. The van der Waals surface area contributed by atoms with Gasteiger partial charge in [0.25, 0.3) is 0 Å². The van der Waals surface area contributed by atoms with E-state index in [-0.39, 0.29) is 11.8 Å². The predicted octanol–water partition coefficient (Wildman–Crippen LogP) is 5.77. The zero-order valence-electron chi connectivity index (χ0n) is 17.5. The Bertz CT molecular complexity index is 845. The smallest absolute Gasteiger partial charge is 0.242 e. The number of nitrogens with one attached hydrogen (secondary N) is 1. The molecule has 162 valence electrons. The van der Waals surface area contributed by atoms with Crippen molar-refractivity contribution >= 4 is 51.1 Å². The number of rotatable bonds is 10. The number of benzene rings is 2. The molecule has 0 bridgehead atoms. The van der Waals surface area contributed by atoms with Crippen LogP contribution in [0.15, 0.2) is 57.9 Å². The molecule has 0 heterocycles. The van der Waals surface area contributed by atoms with Crippen LogP contribution in [0.1, 0.15) is 32.8 Å². The highest BCUT2D eigenvalue weighted by molar-refractivity contribution is 9.10. The summed E-state index contributed by atoms with van der Waals surface area (Å²) >= 11 is 11.0. The maximum absolute atomic E-state index is 13.1. The van der Waals surface area contributed by atoms with Gasteiger partial charge in [-0.2, -0.15) is 0 Å². The summed E-state index contributed by atoms with van der Waals surface area (Å²) in [5, 5.41) is 3.63. The number of thioether (sulfide) groups is 1. The first-order valence-corrected chi connectivity index (χ1v) is 12.1. The fourth-order valence-electron chi connectivity index (χ4n) is 2.80. The fraction of sp³-hybridized carbons (Fsp3) is 0.391. The summed E-state index contributed by atoms with van der Waals surface area (Å²) in [5.74, 6) is 0.822. The van der Waals surface area contributed by atoms with E-state index >= 15 is 0 Å². The van der Waals surface area contributed by atoms with Crippen molar-refractivity contribution in [3.8, 4) is 0 Å².